The van der Waals surface area contributed by atoms with Gasteiger partial charge in [-0.15, -0.1) is 0 Å². The lowest BCUT2D eigenvalue weighted by Crippen LogP contribution is -2.03. The minimum atomic E-state index is -0.533. The Morgan fingerprint density at radius 2 is 1.90 bits per heavy atom. The highest BCUT2D eigenvalue weighted by Gasteiger charge is 2.19. The third-order valence-electron chi connectivity index (χ3n) is 3.39. The minimum Gasteiger partial charge on any atom is -0.507 e. The SMILES string of the molecule is CC(C)n1c(-c2ccc(F)cc2O)nc2c(F)cccc21. The molecule has 0 radical (unpaired) electrons. The number of imidazole rings is 1. The largest absolute Gasteiger partial charge is 0.507 e. The molecule has 1 N–H and O–H groups in total. The van der Waals surface area contributed by atoms with E-state index in [1.807, 2.05) is 18.4 Å². The number of phenols is 1. The van der Waals surface area contributed by atoms with Crippen LogP contribution in [0.15, 0.2) is 36.4 Å². The van der Waals surface area contributed by atoms with E-state index in [1.54, 1.807) is 12.1 Å². The molecule has 2 aromatic carbocycles. The van der Waals surface area contributed by atoms with Crippen LogP contribution in [-0.2, 0) is 0 Å². The number of hydrogen-bond acceptors (Lipinski definition) is 2. The van der Waals surface area contributed by atoms with Gasteiger partial charge in [0.2, 0.25) is 0 Å². The second-order valence-electron chi connectivity index (χ2n) is 5.17. The topological polar surface area (TPSA) is 38.0 Å². The van der Waals surface area contributed by atoms with Crippen LogP contribution in [-0.4, -0.2) is 14.7 Å². The normalized spacial score (nSPS) is 11.5. The average Bonchev–Trinajstić information content (AvgIpc) is 2.79. The van der Waals surface area contributed by atoms with Crippen molar-refractivity contribution in [1.82, 2.24) is 9.55 Å². The standard InChI is InChI=1S/C16H14F2N2O/c1-9(2)20-13-5-3-4-12(18)15(13)19-16(20)11-7-6-10(17)8-14(11)21/h3-9,21H,1-2H3. The molecule has 0 aliphatic rings. The van der Waals surface area contributed by atoms with Crippen molar-refractivity contribution in [3.8, 4) is 17.1 Å². The highest BCUT2D eigenvalue weighted by molar-refractivity contribution is 5.82. The van der Waals surface area contributed by atoms with Gasteiger partial charge in [0.1, 0.15) is 22.9 Å². The summed E-state index contributed by atoms with van der Waals surface area (Å²) in [6, 6.07) is 8.46. The van der Waals surface area contributed by atoms with E-state index in [-0.39, 0.29) is 17.3 Å². The Morgan fingerprint density at radius 1 is 1.14 bits per heavy atom. The van der Waals surface area contributed by atoms with Crippen molar-refractivity contribution in [3.05, 3.63) is 48.0 Å². The summed E-state index contributed by atoms with van der Waals surface area (Å²) in [5.74, 6) is -0.750. The van der Waals surface area contributed by atoms with Gasteiger partial charge in [0, 0.05) is 12.1 Å². The zero-order chi connectivity index (χ0) is 15.1. The molecule has 0 aliphatic heterocycles. The quantitative estimate of drug-likeness (QED) is 0.764. The summed E-state index contributed by atoms with van der Waals surface area (Å²) in [7, 11) is 0. The monoisotopic (exact) mass is 288 g/mol. The average molecular weight is 288 g/mol. The van der Waals surface area contributed by atoms with E-state index in [0.29, 0.717) is 16.9 Å². The summed E-state index contributed by atoms with van der Waals surface area (Å²) in [5, 5.41) is 9.96. The van der Waals surface area contributed by atoms with Crippen LogP contribution in [0.2, 0.25) is 0 Å². The van der Waals surface area contributed by atoms with E-state index in [9.17, 15) is 13.9 Å². The molecule has 21 heavy (non-hydrogen) atoms. The van der Waals surface area contributed by atoms with Gasteiger partial charge in [-0.05, 0) is 38.1 Å². The molecular formula is C16H14F2N2O. The third-order valence-corrected chi connectivity index (χ3v) is 3.39. The van der Waals surface area contributed by atoms with Gasteiger partial charge in [0.05, 0.1) is 11.1 Å². The predicted octanol–water partition coefficient (Wildman–Crippen LogP) is 4.27. The number of rotatable bonds is 2. The smallest absolute Gasteiger partial charge is 0.151 e. The highest BCUT2D eigenvalue weighted by atomic mass is 19.1. The van der Waals surface area contributed by atoms with E-state index in [0.717, 1.165) is 6.07 Å². The Labute approximate surface area is 120 Å². The fourth-order valence-electron chi connectivity index (χ4n) is 2.49. The molecule has 0 aliphatic carbocycles. The molecule has 3 rings (SSSR count). The maximum absolute atomic E-state index is 13.9. The maximum atomic E-state index is 13.9. The van der Waals surface area contributed by atoms with E-state index < -0.39 is 11.6 Å². The first-order valence-corrected chi connectivity index (χ1v) is 6.64. The number of aromatic nitrogens is 2. The number of halogens is 2. The molecule has 0 saturated carbocycles. The van der Waals surface area contributed by atoms with E-state index in [1.165, 1.54) is 18.2 Å². The molecule has 0 atom stereocenters. The van der Waals surface area contributed by atoms with Gasteiger partial charge in [0.15, 0.2) is 5.82 Å². The highest BCUT2D eigenvalue weighted by Crippen LogP contribution is 2.34. The summed E-state index contributed by atoms with van der Waals surface area (Å²) < 4.78 is 28.9. The fraction of sp³-hybridized carbons (Fsp3) is 0.188. The summed E-state index contributed by atoms with van der Waals surface area (Å²) in [6.07, 6.45) is 0. The fourth-order valence-corrected chi connectivity index (χ4v) is 2.49. The molecule has 5 heteroatoms. The van der Waals surface area contributed by atoms with Crippen molar-refractivity contribution in [2.75, 3.05) is 0 Å². The first-order chi connectivity index (χ1) is 9.99. The molecule has 0 bridgehead atoms. The molecule has 0 amide bonds. The van der Waals surface area contributed by atoms with Gasteiger partial charge < -0.3 is 9.67 Å². The van der Waals surface area contributed by atoms with Gasteiger partial charge in [-0.1, -0.05) is 6.07 Å². The summed E-state index contributed by atoms with van der Waals surface area (Å²) >= 11 is 0. The summed E-state index contributed by atoms with van der Waals surface area (Å²) in [5.41, 5.74) is 1.26. The minimum absolute atomic E-state index is 0.0104. The van der Waals surface area contributed by atoms with Gasteiger partial charge >= 0.3 is 0 Å². The van der Waals surface area contributed by atoms with Gasteiger partial charge in [-0.2, -0.15) is 0 Å². The number of phenolic OH excluding ortho intramolecular Hbond substituents is 1. The van der Waals surface area contributed by atoms with Crippen molar-refractivity contribution in [1.29, 1.82) is 0 Å². The van der Waals surface area contributed by atoms with Crippen molar-refractivity contribution < 1.29 is 13.9 Å². The van der Waals surface area contributed by atoms with Crippen molar-refractivity contribution in [3.63, 3.8) is 0 Å². The van der Waals surface area contributed by atoms with Crippen molar-refractivity contribution in [2.45, 2.75) is 19.9 Å². The van der Waals surface area contributed by atoms with Crippen LogP contribution in [0.3, 0.4) is 0 Å². The molecule has 1 heterocycles. The molecule has 1 aromatic heterocycles. The van der Waals surface area contributed by atoms with Crippen LogP contribution in [0.1, 0.15) is 19.9 Å². The number of para-hydroxylation sites is 1. The van der Waals surface area contributed by atoms with Gasteiger partial charge in [-0.25, -0.2) is 13.8 Å². The number of benzene rings is 2. The zero-order valence-corrected chi connectivity index (χ0v) is 11.6. The van der Waals surface area contributed by atoms with Crippen LogP contribution in [0.25, 0.3) is 22.4 Å². The summed E-state index contributed by atoms with van der Waals surface area (Å²) in [6.45, 7) is 3.88. The van der Waals surface area contributed by atoms with E-state index in [2.05, 4.69) is 4.98 Å². The van der Waals surface area contributed by atoms with E-state index >= 15 is 0 Å². The molecule has 3 aromatic rings. The number of nitrogens with zero attached hydrogens (tertiary/aromatic N) is 2. The van der Waals surface area contributed by atoms with Crippen LogP contribution in [0, 0.1) is 11.6 Å². The molecule has 0 unspecified atom stereocenters. The lowest BCUT2D eigenvalue weighted by molar-refractivity contribution is 0.470. The van der Waals surface area contributed by atoms with Crippen LogP contribution >= 0.6 is 0 Å². The van der Waals surface area contributed by atoms with E-state index in [4.69, 9.17) is 0 Å². The molecular weight excluding hydrogens is 274 g/mol. The first kappa shape index (κ1) is 13.5. The second kappa shape index (κ2) is 4.84. The first-order valence-electron chi connectivity index (χ1n) is 6.64. The lowest BCUT2D eigenvalue weighted by atomic mass is 10.1. The molecule has 0 saturated heterocycles. The maximum Gasteiger partial charge on any atom is 0.151 e. The van der Waals surface area contributed by atoms with Gasteiger partial charge in [0.25, 0.3) is 0 Å². The number of hydrogen-bond donors (Lipinski definition) is 1. The molecule has 0 spiro atoms. The molecule has 3 nitrogen and oxygen atoms in total. The molecule has 108 valence electrons. The van der Waals surface area contributed by atoms with Crippen LogP contribution < -0.4 is 0 Å². The zero-order valence-electron chi connectivity index (χ0n) is 11.6. The lowest BCUT2D eigenvalue weighted by Gasteiger charge is -2.13. The Balaban J connectivity index is 2.36. The van der Waals surface area contributed by atoms with Crippen LogP contribution in [0.5, 0.6) is 5.75 Å². The Kier molecular flexibility index (Phi) is 3.12. The Morgan fingerprint density at radius 3 is 2.57 bits per heavy atom. The van der Waals surface area contributed by atoms with Gasteiger partial charge in [-0.3, -0.25) is 0 Å². The Bertz CT molecular complexity index is 825. The Hall–Kier alpha value is -2.43. The van der Waals surface area contributed by atoms with Crippen molar-refractivity contribution in [2.24, 2.45) is 0 Å². The molecule has 0 fully saturated rings. The second-order valence-corrected chi connectivity index (χ2v) is 5.17. The van der Waals surface area contributed by atoms with Crippen LogP contribution in [0.4, 0.5) is 8.78 Å². The summed E-state index contributed by atoms with van der Waals surface area (Å²) in [4.78, 5) is 4.30. The predicted molar refractivity (Wildman–Crippen MR) is 77.1 cm³/mol. The number of fused-ring (bicyclic) bond motifs is 1. The van der Waals surface area contributed by atoms with Crippen molar-refractivity contribution >= 4 is 11.0 Å². The third kappa shape index (κ3) is 2.14. The number of aromatic hydroxyl groups is 1.